The summed E-state index contributed by atoms with van der Waals surface area (Å²) in [5.41, 5.74) is 2.12. The summed E-state index contributed by atoms with van der Waals surface area (Å²) < 4.78 is 18.0. The average Bonchev–Trinajstić information content (AvgIpc) is 3.14. The third kappa shape index (κ3) is 5.56. The highest BCUT2D eigenvalue weighted by molar-refractivity contribution is 6.74. The Balaban J connectivity index is 1.87. The normalized spacial score (nSPS) is 21.7. The van der Waals surface area contributed by atoms with Crippen LogP contribution in [0.5, 0.6) is 5.75 Å². The van der Waals surface area contributed by atoms with Crippen LogP contribution in [0.1, 0.15) is 44.4 Å². The summed E-state index contributed by atoms with van der Waals surface area (Å²) in [7, 11) is -0.612. The van der Waals surface area contributed by atoms with Crippen molar-refractivity contribution in [3.8, 4) is 5.75 Å². The third-order valence-electron chi connectivity index (χ3n) is 6.45. The average molecular weight is 442 g/mol. The first kappa shape index (κ1) is 23.5. The largest absolute Gasteiger partial charge is 0.489 e. The van der Waals surface area contributed by atoms with E-state index in [1.54, 1.807) is 0 Å². The Morgan fingerprint density at radius 2 is 1.71 bits per heavy atom. The number of ether oxygens (including phenoxy) is 2. The van der Waals surface area contributed by atoms with E-state index >= 15 is 0 Å². The van der Waals surface area contributed by atoms with Gasteiger partial charge in [0.25, 0.3) is 0 Å². The molecule has 3 rings (SSSR count). The highest BCUT2D eigenvalue weighted by Crippen LogP contribution is 2.42. The van der Waals surface area contributed by atoms with E-state index in [1.807, 2.05) is 48.5 Å². The molecule has 0 unspecified atom stereocenters. The second kappa shape index (κ2) is 9.55. The fraction of sp³-hybridized carbons (Fsp3) is 0.480. The molecule has 0 radical (unpaired) electrons. The minimum Gasteiger partial charge on any atom is -0.489 e. The maximum absolute atomic E-state index is 12.3. The summed E-state index contributed by atoms with van der Waals surface area (Å²) >= 11 is 0. The molecule has 2 aromatic rings. The molecule has 1 aliphatic rings. The first-order valence-electron chi connectivity index (χ1n) is 10.9. The zero-order valence-electron chi connectivity index (χ0n) is 19.5. The predicted octanol–water partition coefficient (Wildman–Crippen LogP) is 5.23. The Morgan fingerprint density at radius 3 is 2.35 bits per heavy atom. The van der Waals surface area contributed by atoms with E-state index in [-0.39, 0.29) is 23.2 Å². The molecule has 0 spiro atoms. The highest BCUT2D eigenvalue weighted by atomic mass is 28.4. The van der Waals surface area contributed by atoms with Crippen molar-refractivity contribution in [2.75, 3.05) is 7.11 Å². The molecule has 0 aliphatic carbocycles. The van der Waals surface area contributed by atoms with Crippen molar-refractivity contribution in [1.29, 1.82) is 0 Å². The lowest BCUT2D eigenvalue weighted by Gasteiger charge is -2.39. The minimum atomic E-state index is -2.04. The SMILES string of the molecule is COC(=O)[C@@H]1C[C@H](O[Si](C)(C)C(C)(C)C)[C@H](c2ccccc2OCc2ccccc2)N1. The molecule has 2 aromatic carbocycles. The van der Waals surface area contributed by atoms with Gasteiger partial charge in [-0.1, -0.05) is 69.3 Å². The first-order valence-corrected chi connectivity index (χ1v) is 13.8. The van der Waals surface area contributed by atoms with Gasteiger partial charge in [0, 0.05) is 12.0 Å². The number of hydrogen-bond acceptors (Lipinski definition) is 5. The Kier molecular flexibility index (Phi) is 7.24. The molecule has 0 aromatic heterocycles. The van der Waals surface area contributed by atoms with Crippen molar-refractivity contribution in [3.63, 3.8) is 0 Å². The van der Waals surface area contributed by atoms with E-state index < -0.39 is 14.4 Å². The smallest absolute Gasteiger partial charge is 0.322 e. The van der Waals surface area contributed by atoms with Gasteiger partial charge >= 0.3 is 5.97 Å². The Bertz CT molecular complexity index is 879. The van der Waals surface area contributed by atoms with Gasteiger partial charge in [-0.3, -0.25) is 10.1 Å². The van der Waals surface area contributed by atoms with Crippen LogP contribution >= 0.6 is 0 Å². The number of para-hydroxylation sites is 1. The molecule has 168 valence electrons. The van der Waals surface area contributed by atoms with Gasteiger partial charge in [-0.05, 0) is 29.8 Å². The van der Waals surface area contributed by atoms with Gasteiger partial charge in [-0.2, -0.15) is 0 Å². The monoisotopic (exact) mass is 441 g/mol. The molecule has 1 heterocycles. The molecule has 5 nitrogen and oxygen atoms in total. The Labute approximate surface area is 187 Å². The van der Waals surface area contributed by atoms with Crippen molar-refractivity contribution in [3.05, 3.63) is 65.7 Å². The number of carbonyl (C=O) groups excluding carboxylic acids is 1. The molecule has 0 bridgehead atoms. The highest BCUT2D eigenvalue weighted by Gasteiger charge is 2.46. The number of methoxy groups -OCH3 is 1. The van der Waals surface area contributed by atoms with Crippen LogP contribution in [0.4, 0.5) is 0 Å². The predicted molar refractivity (Wildman–Crippen MR) is 126 cm³/mol. The van der Waals surface area contributed by atoms with Crippen molar-refractivity contribution >= 4 is 14.3 Å². The van der Waals surface area contributed by atoms with E-state index in [1.165, 1.54) is 7.11 Å². The van der Waals surface area contributed by atoms with Crippen molar-refractivity contribution in [2.45, 2.75) is 70.1 Å². The van der Waals surface area contributed by atoms with Crippen LogP contribution in [0.2, 0.25) is 18.1 Å². The van der Waals surface area contributed by atoms with Gasteiger partial charge in [0.1, 0.15) is 18.4 Å². The van der Waals surface area contributed by atoms with Crippen molar-refractivity contribution < 1.29 is 18.7 Å². The number of carbonyl (C=O) groups is 1. The lowest BCUT2D eigenvalue weighted by molar-refractivity contribution is -0.142. The number of nitrogens with one attached hydrogen (secondary N) is 1. The Morgan fingerprint density at radius 1 is 1.06 bits per heavy atom. The van der Waals surface area contributed by atoms with E-state index in [2.05, 4.69) is 45.2 Å². The van der Waals surface area contributed by atoms with Gasteiger partial charge in [0.15, 0.2) is 8.32 Å². The topological polar surface area (TPSA) is 56.8 Å². The van der Waals surface area contributed by atoms with Gasteiger partial charge in [-0.25, -0.2) is 0 Å². The molecule has 0 amide bonds. The number of benzene rings is 2. The summed E-state index contributed by atoms with van der Waals surface area (Å²) in [5, 5.41) is 3.54. The first-order chi connectivity index (χ1) is 14.6. The van der Waals surface area contributed by atoms with Gasteiger partial charge in [-0.15, -0.1) is 0 Å². The van der Waals surface area contributed by atoms with Crippen LogP contribution in [0.3, 0.4) is 0 Å². The molecule has 0 saturated carbocycles. The second-order valence-corrected chi connectivity index (χ2v) is 14.4. The zero-order valence-corrected chi connectivity index (χ0v) is 20.5. The summed E-state index contributed by atoms with van der Waals surface area (Å²) in [5.74, 6) is 0.548. The summed E-state index contributed by atoms with van der Waals surface area (Å²) in [6.07, 6.45) is 0.447. The molecule has 1 saturated heterocycles. The fourth-order valence-electron chi connectivity index (χ4n) is 3.63. The van der Waals surface area contributed by atoms with Crippen LogP contribution in [0.15, 0.2) is 54.6 Å². The summed E-state index contributed by atoms with van der Waals surface area (Å²) in [6.45, 7) is 11.7. The molecule has 1 fully saturated rings. The maximum Gasteiger partial charge on any atom is 0.322 e. The summed E-state index contributed by atoms with van der Waals surface area (Å²) in [6, 6.07) is 17.6. The molecule has 6 heteroatoms. The van der Waals surface area contributed by atoms with Gasteiger partial charge in [0.05, 0.1) is 19.3 Å². The van der Waals surface area contributed by atoms with Gasteiger partial charge in [0.2, 0.25) is 0 Å². The molecule has 3 atom stereocenters. The van der Waals surface area contributed by atoms with Crippen molar-refractivity contribution in [2.24, 2.45) is 0 Å². The molecular formula is C25H35NO4Si. The quantitative estimate of drug-likeness (QED) is 0.471. The number of esters is 1. The van der Waals surface area contributed by atoms with E-state index in [9.17, 15) is 4.79 Å². The van der Waals surface area contributed by atoms with Gasteiger partial charge < -0.3 is 13.9 Å². The fourth-order valence-corrected chi connectivity index (χ4v) is 4.98. The van der Waals surface area contributed by atoms with Crippen LogP contribution in [-0.4, -0.2) is 33.5 Å². The van der Waals surface area contributed by atoms with Crippen molar-refractivity contribution in [1.82, 2.24) is 5.32 Å². The van der Waals surface area contributed by atoms with E-state index in [4.69, 9.17) is 13.9 Å². The van der Waals surface area contributed by atoms with E-state index in [0.717, 1.165) is 16.9 Å². The zero-order chi connectivity index (χ0) is 22.6. The Hall–Kier alpha value is -2.15. The minimum absolute atomic E-state index is 0.0736. The van der Waals surface area contributed by atoms with Crippen LogP contribution in [0, 0.1) is 0 Å². The maximum atomic E-state index is 12.3. The van der Waals surface area contributed by atoms with E-state index in [0.29, 0.717) is 13.0 Å². The third-order valence-corrected chi connectivity index (χ3v) is 11.0. The number of hydrogen-bond donors (Lipinski definition) is 1. The lowest BCUT2D eigenvalue weighted by atomic mass is 10.0. The van der Waals surface area contributed by atoms with Crippen LogP contribution in [-0.2, 0) is 20.6 Å². The standard InChI is InChI=1S/C25H35NO4Si/c1-25(2,3)31(5,6)30-22-16-20(24(27)28-4)26-23(22)19-14-10-11-15-21(19)29-17-18-12-8-7-9-13-18/h7-15,20,22-23,26H,16-17H2,1-6H3/t20-,22-,23-/m0/s1. The molecule has 31 heavy (non-hydrogen) atoms. The second-order valence-electron chi connectivity index (χ2n) is 9.68. The molecule has 1 aliphatic heterocycles. The summed E-state index contributed by atoms with van der Waals surface area (Å²) in [4.78, 5) is 12.3. The molecular weight excluding hydrogens is 406 g/mol. The molecule has 1 N–H and O–H groups in total. The van der Waals surface area contributed by atoms with Crippen LogP contribution in [0.25, 0.3) is 0 Å². The van der Waals surface area contributed by atoms with Crippen LogP contribution < -0.4 is 10.1 Å². The number of rotatable bonds is 7. The lowest BCUT2D eigenvalue weighted by Crippen LogP contribution is -2.45.